The van der Waals surface area contributed by atoms with E-state index in [1.807, 2.05) is 0 Å². The van der Waals surface area contributed by atoms with E-state index in [0.29, 0.717) is 13.0 Å². The van der Waals surface area contributed by atoms with Crippen LogP contribution in [-0.4, -0.2) is 30.6 Å². The van der Waals surface area contributed by atoms with Gasteiger partial charge in [0.2, 0.25) is 0 Å². The molecule has 1 aliphatic rings. The summed E-state index contributed by atoms with van der Waals surface area (Å²) in [5, 5.41) is 0. The first-order valence-corrected chi connectivity index (χ1v) is 5.37. The van der Waals surface area contributed by atoms with Crippen LogP contribution in [0, 0.1) is 11.6 Å². The maximum atomic E-state index is 13.4. The van der Waals surface area contributed by atoms with Crippen LogP contribution in [0.15, 0.2) is 18.2 Å². The zero-order valence-electron chi connectivity index (χ0n) is 9.45. The largest absolute Gasteiger partial charge is 0.468 e. The molecule has 1 unspecified atom stereocenters. The highest BCUT2D eigenvalue weighted by Gasteiger charge is 2.35. The minimum absolute atomic E-state index is 0.226. The van der Waals surface area contributed by atoms with Gasteiger partial charge >= 0.3 is 5.97 Å². The molecule has 1 atom stereocenters. The standard InChI is InChI=1S/C12H13F2NO2/c1-17-12(16)11-4-5-15(11)7-8-6-9(13)2-3-10(8)14/h2-3,6,11H,4-5,7H2,1H3. The molecule has 0 aromatic heterocycles. The van der Waals surface area contributed by atoms with E-state index in [2.05, 4.69) is 4.74 Å². The van der Waals surface area contributed by atoms with Gasteiger partial charge in [0.25, 0.3) is 0 Å². The molecule has 1 aliphatic heterocycles. The third-order valence-corrected chi connectivity index (χ3v) is 2.98. The number of rotatable bonds is 3. The Hall–Kier alpha value is -1.49. The van der Waals surface area contributed by atoms with Crippen molar-refractivity contribution >= 4 is 5.97 Å². The van der Waals surface area contributed by atoms with Crippen molar-refractivity contribution in [2.75, 3.05) is 13.7 Å². The quantitative estimate of drug-likeness (QED) is 0.754. The first-order chi connectivity index (χ1) is 8.11. The molecule has 0 N–H and O–H groups in total. The van der Waals surface area contributed by atoms with Crippen LogP contribution in [0.1, 0.15) is 12.0 Å². The molecule has 3 nitrogen and oxygen atoms in total. The topological polar surface area (TPSA) is 29.5 Å². The van der Waals surface area contributed by atoms with Gasteiger partial charge in [0.05, 0.1) is 7.11 Å². The Balaban J connectivity index is 2.06. The molecule has 0 saturated carbocycles. The van der Waals surface area contributed by atoms with Crippen molar-refractivity contribution in [3.05, 3.63) is 35.4 Å². The van der Waals surface area contributed by atoms with E-state index < -0.39 is 11.6 Å². The molecule has 0 spiro atoms. The SMILES string of the molecule is COC(=O)C1CCN1Cc1cc(F)ccc1F. The van der Waals surface area contributed by atoms with Crippen LogP contribution < -0.4 is 0 Å². The molecule has 1 aromatic rings. The molecule has 92 valence electrons. The number of esters is 1. The van der Waals surface area contributed by atoms with Crippen molar-refractivity contribution in [1.29, 1.82) is 0 Å². The highest BCUT2D eigenvalue weighted by molar-refractivity contribution is 5.76. The second kappa shape index (κ2) is 4.79. The summed E-state index contributed by atoms with van der Waals surface area (Å²) in [6, 6.07) is 2.99. The van der Waals surface area contributed by atoms with Gasteiger partial charge in [-0.15, -0.1) is 0 Å². The van der Waals surface area contributed by atoms with Crippen LogP contribution in [0.3, 0.4) is 0 Å². The number of carbonyl (C=O) groups is 1. The Kier molecular flexibility index (Phi) is 3.38. The molecule has 0 radical (unpaired) electrons. The molecular formula is C12H13F2NO2. The van der Waals surface area contributed by atoms with E-state index in [-0.39, 0.29) is 24.1 Å². The highest BCUT2D eigenvalue weighted by atomic mass is 19.1. The summed E-state index contributed by atoms with van der Waals surface area (Å²) in [6.45, 7) is 0.916. The fourth-order valence-corrected chi connectivity index (χ4v) is 1.92. The lowest BCUT2D eigenvalue weighted by Gasteiger charge is -2.38. The molecule has 1 aromatic carbocycles. The van der Waals surface area contributed by atoms with Gasteiger partial charge < -0.3 is 4.74 Å². The Morgan fingerprint density at radius 1 is 1.53 bits per heavy atom. The Morgan fingerprint density at radius 2 is 2.29 bits per heavy atom. The monoisotopic (exact) mass is 241 g/mol. The third-order valence-electron chi connectivity index (χ3n) is 2.98. The number of hydrogen-bond acceptors (Lipinski definition) is 3. The lowest BCUT2D eigenvalue weighted by molar-refractivity contribution is -0.152. The van der Waals surface area contributed by atoms with Gasteiger partial charge in [0.1, 0.15) is 17.7 Å². The Morgan fingerprint density at radius 3 is 2.88 bits per heavy atom. The van der Waals surface area contributed by atoms with Gasteiger partial charge in [-0.3, -0.25) is 9.69 Å². The number of benzene rings is 1. The maximum absolute atomic E-state index is 13.4. The molecule has 0 bridgehead atoms. The molecule has 1 saturated heterocycles. The van der Waals surface area contributed by atoms with Gasteiger partial charge in [-0.25, -0.2) is 8.78 Å². The van der Waals surface area contributed by atoms with Gasteiger partial charge in [-0.2, -0.15) is 0 Å². The number of methoxy groups -OCH3 is 1. The van der Waals surface area contributed by atoms with E-state index in [4.69, 9.17) is 0 Å². The van der Waals surface area contributed by atoms with Crippen molar-refractivity contribution in [1.82, 2.24) is 4.90 Å². The minimum atomic E-state index is -0.475. The number of ether oxygens (including phenoxy) is 1. The molecule has 1 fully saturated rings. The summed E-state index contributed by atoms with van der Waals surface area (Å²) < 4.78 is 31.0. The van der Waals surface area contributed by atoms with Gasteiger partial charge in [0.15, 0.2) is 0 Å². The van der Waals surface area contributed by atoms with Crippen LogP contribution >= 0.6 is 0 Å². The molecule has 1 heterocycles. The average Bonchev–Trinajstić information content (AvgIpc) is 2.28. The third kappa shape index (κ3) is 2.44. The fourth-order valence-electron chi connectivity index (χ4n) is 1.92. The Bertz CT molecular complexity index is 437. The molecule has 0 amide bonds. The summed E-state index contributed by atoms with van der Waals surface area (Å²) in [6.07, 6.45) is 0.698. The molecule has 2 rings (SSSR count). The first-order valence-electron chi connectivity index (χ1n) is 5.37. The van der Waals surface area contributed by atoms with E-state index in [9.17, 15) is 13.6 Å². The number of hydrogen-bond donors (Lipinski definition) is 0. The number of nitrogens with zero attached hydrogens (tertiary/aromatic N) is 1. The van der Waals surface area contributed by atoms with E-state index in [1.165, 1.54) is 7.11 Å². The minimum Gasteiger partial charge on any atom is -0.468 e. The summed E-state index contributed by atoms with van der Waals surface area (Å²) in [7, 11) is 1.32. The lowest BCUT2D eigenvalue weighted by atomic mass is 10.0. The summed E-state index contributed by atoms with van der Waals surface area (Å²) in [5.74, 6) is -1.26. The Labute approximate surface area is 98.0 Å². The van der Waals surface area contributed by atoms with E-state index in [1.54, 1.807) is 4.90 Å². The number of halogens is 2. The summed E-state index contributed by atoms with van der Waals surface area (Å²) in [4.78, 5) is 13.1. The van der Waals surface area contributed by atoms with Crippen molar-refractivity contribution in [3.63, 3.8) is 0 Å². The van der Waals surface area contributed by atoms with E-state index >= 15 is 0 Å². The van der Waals surface area contributed by atoms with Crippen LogP contribution in [0.4, 0.5) is 8.78 Å². The maximum Gasteiger partial charge on any atom is 0.323 e. The highest BCUT2D eigenvalue weighted by Crippen LogP contribution is 2.23. The zero-order valence-corrected chi connectivity index (χ0v) is 9.45. The molecule has 0 aliphatic carbocycles. The van der Waals surface area contributed by atoms with Crippen molar-refractivity contribution in [2.45, 2.75) is 19.0 Å². The van der Waals surface area contributed by atoms with Crippen molar-refractivity contribution in [2.24, 2.45) is 0 Å². The van der Waals surface area contributed by atoms with Gasteiger partial charge in [0, 0.05) is 18.7 Å². The van der Waals surface area contributed by atoms with E-state index in [0.717, 1.165) is 18.2 Å². The first kappa shape index (κ1) is 12.0. The lowest BCUT2D eigenvalue weighted by Crippen LogP contribution is -2.52. The summed E-state index contributed by atoms with van der Waals surface area (Å²) >= 11 is 0. The average molecular weight is 241 g/mol. The summed E-state index contributed by atoms with van der Waals surface area (Å²) in [5.41, 5.74) is 0.263. The number of carbonyl (C=O) groups excluding carboxylic acids is 1. The normalized spacial score (nSPS) is 19.8. The predicted molar refractivity (Wildman–Crippen MR) is 57.2 cm³/mol. The predicted octanol–water partition coefficient (Wildman–Crippen LogP) is 1.71. The molecule has 5 heteroatoms. The zero-order chi connectivity index (χ0) is 12.4. The van der Waals surface area contributed by atoms with Gasteiger partial charge in [-0.05, 0) is 24.6 Å². The van der Waals surface area contributed by atoms with Crippen LogP contribution in [-0.2, 0) is 16.1 Å². The number of likely N-dealkylation sites (tertiary alicyclic amines) is 1. The van der Waals surface area contributed by atoms with Crippen LogP contribution in [0.5, 0.6) is 0 Å². The molecular weight excluding hydrogens is 228 g/mol. The molecule has 17 heavy (non-hydrogen) atoms. The smallest absolute Gasteiger partial charge is 0.323 e. The fraction of sp³-hybridized carbons (Fsp3) is 0.417. The van der Waals surface area contributed by atoms with Crippen molar-refractivity contribution in [3.8, 4) is 0 Å². The van der Waals surface area contributed by atoms with Crippen LogP contribution in [0.2, 0.25) is 0 Å². The second-order valence-electron chi connectivity index (χ2n) is 4.03. The van der Waals surface area contributed by atoms with Gasteiger partial charge in [-0.1, -0.05) is 0 Å². The van der Waals surface area contributed by atoms with Crippen molar-refractivity contribution < 1.29 is 18.3 Å². The van der Waals surface area contributed by atoms with Crippen LogP contribution in [0.25, 0.3) is 0 Å². The second-order valence-corrected chi connectivity index (χ2v) is 4.03.